The van der Waals surface area contributed by atoms with Crippen LogP contribution in [0.5, 0.6) is 5.75 Å². The van der Waals surface area contributed by atoms with E-state index in [0.29, 0.717) is 5.92 Å². The Morgan fingerprint density at radius 2 is 2.19 bits per heavy atom. The number of rotatable bonds is 6. The first-order chi connectivity index (χ1) is 7.92. The van der Waals surface area contributed by atoms with Crippen LogP contribution in [-0.4, -0.2) is 25.6 Å². The van der Waals surface area contributed by atoms with Crippen molar-refractivity contribution in [2.45, 2.75) is 18.8 Å². The number of hydrogen-bond acceptors (Lipinski definition) is 2. The summed E-state index contributed by atoms with van der Waals surface area (Å²) in [5, 5.41) is 3.46. The van der Waals surface area contributed by atoms with Crippen LogP contribution in [0.25, 0.3) is 0 Å². The summed E-state index contributed by atoms with van der Waals surface area (Å²) in [7, 11) is 0. The topological polar surface area (TPSA) is 21.3 Å². The van der Waals surface area contributed by atoms with Crippen LogP contribution in [0.1, 0.15) is 24.3 Å². The molecule has 1 aromatic rings. The molecule has 0 saturated carbocycles. The quantitative estimate of drug-likeness (QED) is 0.609. The number of ether oxygens (including phenoxy) is 1. The maximum Gasteiger partial charge on any atom is 0.122 e. The van der Waals surface area contributed by atoms with Crippen molar-refractivity contribution in [3.05, 3.63) is 29.8 Å². The van der Waals surface area contributed by atoms with Crippen molar-refractivity contribution in [1.82, 2.24) is 5.32 Å². The monoisotopic (exact) mass is 239 g/mol. The van der Waals surface area contributed by atoms with E-state index in [9.17, 15) is 0 Å². The van der Waals surface area contributed by atoms with Gasteiger partial charge in [-0.05, 0) is 25.5 Å². The van der Waals surface area contributed by atoms with E-state index in [1.54, 1.807) is 0 Å². The van der Waals surface area contributed by atoms with Crippen molar-refractivity contribution in [3.8, 4) is 5.75 Å². The lowest BCUT2D eigenvalue weighted by Crippen LogP contribution is -2.23. The molecular weight excluding hydrogens is 222 g/mol. The van der Waals surface area contributed by atoms with Crippen LogP contribution in [0.3, 0.4) is 0 Å². The largest absolute Gasteiger partial charge is 0.493 e. The molecule has 2 rings (SSSR count). The van der Waals surface area contributed by atoms with Gasteiger partial charge in [0.15, 0.2) is 0 Å². The number of halogens is 1. The van der Waals surface area contributed by atoms with Gasteiger partial charge >= 0.3 is 0 Å². The first kappa shape index (κ1) is 11.7. The minimum atomic E-state index is 0.507. The molecule has 0 radical (unpaired) electrons. The third-order valence-electron chi connectivity index (χ3n) is 2.93. The van der Waals surface area contributed by atoms with Crippen molar-refractivity contribution >= 4 is 11.6 Å². The molecule has 0 fully saturated rings. The average molecular weight is 240 g/mol. The Labute approximate surface area is 102 Å². The van der Waals surface area contributed by atoms with Gasteiger partial charge in [0.2, 0.25) is 0 Å². The minimum absolute atomic E-state index is 0.507. The van der Waals surface area contributed by atoms with E-state index in [2.05, 4.69) is 17.4 Å². The summed E-state index contributed by atoms with van der Waals surface area (Å²) in [5.41, 5.74) is 1.34. The first-order valence-electron chi connectivity index (χ1n) is 5.90. The molecule has 3 heteroatoms. The molecule has 1 N–H and O–H groups in total. The van der Waals surface area contributed by atoms with Gasteiger partial charge in [-0.15, -0.1) is 11.6 Å². The van der Waals surface area contributed by atoms with Gasteiger partial charge in [0.25, 0.3) is 0 Å². The third kappa shape index (κ3) is 2.89. The number of alkyl halides is 1. The molecule has 1 atom stereocenters. The van der Waals surface area contributed by atoms with E-state index in [1.807, 2.05) is 12.1 Å². The van der Waals surface area contributed by atoms with E-state index < -0.39 is 0 Å². The molecule has 0 aliphatic carbocycles. The zero-order valence-electron chi connectivity index (χ0n) is 9.42. The second-order valence-electron chi connectivity index (χ2n) is 4.15. The Bertz CT molecular complexity index is 329. The van der Waals surface area contributed by atoms with E-state index in [4.69, 9.17) is 16.3 Å². The summed E-state index contributed by atoms with van der Waals surface area (Å²) in [6, 6.07) is 8.30. The summed E-state index contributed by atoms with van der Waals surface area (Å²) in [6.45, 7) is 2.85. The van der Waals surface area contributed by atoms with Gasteiger partial charge in [-0.1, -0.05) is 18.2 Å². The zero-order valence-corrected chi connectivity index (χ0v) is 10.2. The summed E-state index contributed by atoms with van der Waals surface area (Å²) in [6.07, 6.45) is 2.24. The van der Waals surface area contributed by atoms with Gasteiger partial charge < -0.3 is 10.1 Å². The minimum Gasteiger partial charge on any atom is -0.493 e. The molecule has 0 saturated heterocycles. The number of fused-ring (bicyclic) bond motifs is 1. The normalized spacial score (nSPS) is 18.2. The standard InChI is InChI=1S/C13H18ClNO/c14-7-3-4-8-15-9-11-10-16-13-6-2-1-5-12(11)13/h1-2,5-6,11,15H,3-4,7-10H2. The van der Waals surface area contributed by atoms with Crippen molar-refractivity contribution in [3.63, 3.8) is 0 Å². The molecular formula is C13H18ClNO. The Hall–Kier alpha value is -0.730. The first-order valence-corrected chi connectivity index (χ1v) is 6.43. The summed E-state index contributed by atoms with van der Waals surface area (Å²) < 4.78 is 5.63. The number of nitrogens with one attached hydrogen (secondary N) is 1. The molecule has 0 bridgehead atoms. The van der Waals surface area contributed by atoms with E-state index in [0.717, 1.165) is 44.2 Å². The maximum atomic E-state index is 5.63. The fourth-order valence-corrected chi connectivity index (χ4v) is 2.21. The zero-order chi connectivity index (χ0) is 11.2. The third-order valence-corrected chi connectivity index (χ3v) is 3.19. The fourth-order valence-electron chi connectivity index (χ4n) is 2.02. The van der Waals surface area contributed by atoms with Crippen LogP contribution in [0.15, 0.2) is 24.3 Å². The van der Waals surface area contributed by atoms with Crippen molar-refractivity contribution in [2.24, 2.45) is 0 Å². The highest BCUT2D eigenvalue weighted by molar-refractivity contribution is 6.17. The van der Waals surface area contributed by atoms with Crippen LogP contribution in [0.4, 0.5) is 0 Å². The molecule has 88 valence electrons. The van der Waals surface area contributed by atoms with Crippen LogP contribution in [-0.2, 0) is 0 Å². The van der Waals surface area contributed by atoms with Gasteiger partial charge in [0, 0.05) is 23.9 Å². The van der Waals surface area contributed by atoms with Crippen molar-refractivity contribution < 1.29 is 4.74 Å². The Morgan fingerprint density at radius 1 is 1.31 bits per heavy atom. The van der Waals surface area contributed by atoms with Crippen LogP contribution < -0.4 is 10.1 Å². The van der Waals surface area contributed by atoms with E-state index in [-0.39, 0.29) is 0 Å². The second kappa shape index (κ2) is 6.12. The molecule has 0 aromatic heterocycles. The van der Waals surface area contributed by atoms with Gasteiger partial charge in [-0.3, -0.25) is 0 Å². The Kier molecular flexibility index (Phi) is 4.49. The lowest BCUT2D eigenvalue weighted by molar-refractivity contribution is 0.326. The Morgan fingerprint density at radius 3 is 3.06 bits per heavy atom. The van der Waals surface area contributed by atoms with Gasteiger partial charge in [0.1, 0.15) is 5.75 Å². The summed E-state index contributed by atoms with van der Waals surface area (Å²) >= 11 is 5.63. The number of benzene rings is 1. The Balaban J connectivity index is 1.76. The molecule has 2 nitrogen and oxygen atoms in total. The molecule has 1 aromatic carbocycles. The van der Waals surface area contributed by atoms with E-state index in [1.165, 1.54) is 5.56 Å². The van der Waals surface area contributed by atoms with Crippen LogP contribution in [0.2, 0.25) is 0 Å². The predicted octanol–water partition coefficient (Wildman–Crippen LogP) is 2.77. The summed E-state index contributed by atoms with van der Waals surface area (Å²) in [4.78, 5) is 0. The lowest BCUT2D eigenvalue weighted by atomic mass is 10.0. The van der Waals surface area contributed by atoms with Crippen molar-refractivity contribution in [1.29, 1.82) is 0 Å². The lowest BCUT2D eigenvalue weighted by Gasteiger charge is -2.09. The molecule has 1 heterocycles. The van der Waals surface area contributed by atoms with Gasteiger partial charge in [0.05, 0.1) is 6.61 Å². The van der Waals surface area contributed by atoms with Crippen molar-refractivity contribution in [2.75, 3.05) is 25.6 Å². The van der Waals surface area contributed by atoms with Crippen LogP contribution >= 0.6 is 11.6 Å². The molecule has 1 aliphatic heterocycles. The molecule has 1 aliphatic rings. The maximum absolute atomic E-state index is 5.63. The number of para-hydroxylation sites is 1. The van der Waals surface area contributed by atoms with Crippen LogP contribution in [0, 0.1) is 0 Å². The fraction of sp³-hybridized carbons (Fsp3) is 0.538. The second-order valence-corrected chi connectivity index (χ2v) is 4.52. The molecule has 0 spiro atoms. The highest BCUT2D eigenvalue weighted by atomic mass is 35.5. The molecule has 1 unspecified atom stereocenters. The summed E-state index contributed by atoms with van der Waals surface area (Å²) in [5.74, 6) is 2.32. The average Bonchev–Trinajstić information content (AvgIpc) is 2.73. The van der Waals surface area contributed by atoms with E-state index >= 15 is 0 Å². The highest BCUT2D eigenvalue weighted by Crippen LogP contribution is 2.32. The predicted molar refractivity (Wildman–Crippen MR) is 67.5 cm³/mol. The molecule has 0 amide bonds. The highest BCUT2D eigenvalue weighted by Gasteiger charge is 2.22. The smallest absolute Gasteiger partial charge is 0.122 e. The SMILES string of the molecule is ClCCCCNCC1COc2ccccc21. The van der Waals surface area contributed by atoms with Gasteiger partial charge in [-0.25, -0.2) is 0 Å². The molecule has 16 heavy (non-hydrogen) atoms. The number of unbranched alkanes of at least 4 members (excludes halogenated alkanes) is 1. The van der Waals surface area contributed by atoms with Gasteiger partial charge in [-0.2, -0.15) is 0 Å². The number of hydrogen-bond donors (Lipinski definition) is 1.